The Morgan fingerprint density at radius 1 is 1.21 bits per heavy atom. The van der Waals surface area contributed by atoms with E-state index in [1.54, 1.807) is 0 Å². The number of sulfonamides is 1. The summed E-state index contributed by atoms with van der Waals surface area (Å²) < 4.78 is 32.1. The van der Waals surface area contributed by atoms with Crippen molar-refractivity contribution in [2.75, 3.05) is 13.2 Å². The molecule has 1 unspecified atom stereocenters. The van der Waals surface area contributed by atoms with Crippen molar-refractivity contribution in [2.24, 2.45) is 0 Å². The Balaban J connectivity index is 2.16. The molecular weight excluding hydrogens is 333 g/mol. The smallest absolute Gasteiger partial charge is 0.242 e. The van der Waals surface area contributed by atoms with Gasteiger partial charge >= 0.3 is 0 Å². The fourth-order valence-electron chi connectivity index (χ4n) is 1.80. The van der Waals surface area contributed by atoms with Crippen LogP contribution in [0.15, 0.2) is 17.0 Å². The van der Waals surface area contributed by atoms with Crippen LogP contribution in [0, 0.1) is 0 Å². The third kappa shape index (κ3) is 3.74. The fraction of sp³-hybridized carbons (Fsp3) is 0.455. The summed E-state index contributed by atoms with van der Waals surface area (Å²) in [5.74, 6) is 0. The second kappa shape index (κ2) is 6.16. The Labute approximate surface area is 127 Å². The van der Waals surface area contributed by atoms with Gasteiger partial charge in [-0.15, -0.1) is 0 Å². The van der Waals surface area contributed by atoms with Gasteiger partial charge in [-0.3, -0.25) is 0 Å². The topological polar surface area (TPSA) is 55.4 Å². The quantitative estimate of drug-likeness (QED) is 0.854. The van der Waals surface area contributed by atoms with E-state index in [2.05, 4.69) is 4.72 Å². The van der Waals surface area contributed by atoms with E-state index in [0.29, 0.717) is 6.61 Å². The highest BCUT2D eigenvalue weighted by atomic mass is 35.5. The maximum absolute atomic E-state index is 12.1. The molecule has 0 saturated carbocycles. The molecule has 1 N–H and O–H groups in total. The summed E-state index contributed by atoms with van der Waals surface area (Å²) in [6.45, 7) is 0.888. The lowest BCUT2D eigenvalue weighted by Gasteiger charge is -2.12. The molecule has 1 aromatic rings. The zero-order valence-electron chi connectivity index (χ0n) is 9.83. The average molecular weight is 345 g/mol. The summed E-state index contributed by atoms with van der Waals surface area (Å²) in [7, 11) is -3.72. The number of rotatable bonds is 4. The summed E-state index contributed by atoms with van der Waals surface area (Å²) in [4.78, 5) is -0.0819. The first kappa shape index (κ1) is 15.4. The van der Waals surface area contributed by atoms with Crippen molar-refractivity contribution in [1.82, 2.24) is 4.72 Å². The van der Waals surface area contributed by atoms with Gasteiger partial charge in [-0.05, 0) is 25.0 Å². The van der Waals surface area contributed by atoms with E-state index in [4.69, 9.17) is 39.5 Å². The molecule has 106 valence electrons. The van der Waals surface area contributed by atoms with Gasteiger partial charge in [-0.2, -0.15) is 0 Å². The summed E-state index contributed by atoms with van der Waals surface area (Å²) in [5, 5.41) is 0.391. The van der Waals surface area contributed by atoms with E-state index < -0.39 is 10.0 Å². The maximum Gasteiger partial charge on any atom is 0.242 e. The second-order valence-electron chi connectivity index (χ2n) is 4.18. The molecule has 1 aliphatic rings. The van der Waals surface area contributed by atoms with Crippen molar-refractivity contribution < 1.29 is 13.2 Å². The summed E-state index contributed by atoms with van der Waals surface area (Å²) >= 11 is 17.5. The Kier molecular flexibility index (Phi) is 4.98. The molecule has 0 spiro atoms. The molecule has 0 radical (unpaired) electrons. The van der Waals surface area contributed by atoms with Crippen molar-refractivity contribution in [3.05, 3.63) is 27.2 Å². The maximum atomic E-state index is 12.1. The van der Waals surface area contributed by atoms with Crippen LogP contribution >= 0.6 is 34.8 Å². The van der Waals surface area contributed by atoms with Crippen molar-refractivity contribution >= 4 is 44.8 Å². The first-order valence-corrected chi connectivity index (χ1v) is 8.27. The summed E-state index contributed by atoms with van der Waals surface area (Å²) in [6.07, 6.45) is 1.70. The average Bonchev–Trinajstić information content (AvgIpc) is 2.84. The number of nitrogens with one attached hydrogen (secondary N) is 1. The molecule has 1 saturated heterocycles. The monoisotopic (exact) mass is 343 g/mol. The minimum Gasteiger partial charge on any atom is -0.377 e. The zero-order valence-corrected chi connectivity index (χ0v) is 12.9. The van der Waals surface area contributed by atoms with Crippen molar-refractivity contribution in [2.45, 2.75) is 23.8 Å². The number of benzene rings is 1. The highest BCUT2D eigenvalue weighted by Crippen LogP contribution is 2.31. The molecular formula is C11H12Cl3NO3S. The highest BCUT2D eigenvalue weighted by Gasteiger charge is 2.23. The lowest BCUT2D eigenvalue weighted by molar-refractivity contribution is 0.114. The first-order valence-electron chi connectivity index (χ1n) is 5.66. The summed E-state index contributed by atoms with van der Waals surface area (Å²) in [6, 6.07) is 2.55. The first-order chi connectivity index (χ1) is 8.90. The minimum atomic E-state index is -3.72. The van der Waals surface area contributed by atoms with E-state index in [1.807, 2.05) is 0 Å². The molecule has 2 rings (SSSR count). The van der Waals surface area contributed by atoms with Crippen LogP contribution in [0.2, 0.25) is 15.1 Å². The Hall–Kier alpha value is -0.0400. The largest absolute Gasteiger partial charge is 0.377 e. The van der Waals surface area contributed by atoms with Crippen LogP contribution in [-0.2, 0) is 14.8 Å². The van der Waals surface area contributed by atoms with Gasteiger partial charge < -0.3 is 4.74 Å². The lowest BCUT2D eigenvalue weighted by Crippen LogP contribution is -2.32. The third-order valence-electron chi connectivity index (χ3n) is 2.79. The SMILES string of the molecule is O=S(=O)(NCC1CCCO1)c1cc(Cl)c(Cl)cc1Cl. The normalized spacial score (nSPS) is 19.8. The molecule has 4 nitrogen and oxygen atoms in total. The minimum absolute atomic E-state index is 0.0363. The van der Waals surface area contributed by atoms with Crippen LogP contribution in [0.3, 0.4) is 0 Å². The van der Waals surface area contributed by atoms with E-state index >= 15 is 0 Å². The van der Waals surface area contributed by atoms with E-state index in [0.717, 1.165) is 12.8 Å². The molecule has 0 amide bonds. The Morgan fingerprint density at radius 3 is 2.53 bits per heavy atom. The number of hydrogen-bond acceptors (Lipinski definition) is 3. The van der Waals surface area contributed by atoms with Crippen molar-refractivity contribution in [3.63, 3.8) is 0 Å². The molecule has 1 heterocycles. The van der Waals surface area contributed by atoms with E-state index in [-0.39, 0.29) is 32.6 Å². The molecule has 1 aromatic carbocycles. The van der Waals surface area contributed by atoms with Crippen LogP contribution in [0.5, 0.6) is 0 Å². The van der Waals surface area contributed by atoms with Crippen LogP contribution in [-0.4, -0.2) is 27.7 Å². The van der Waals surface area contributed by atoms with Gasteiger partial charge in [0.1, 0.15) is 4.90 Å². The van der Waals surface area contributed by atoms with Crippen LogP contribution in [0.1, 0.15) is 12.8 Å². The standard InChI is InChI=1S/C11H12Cl3NO3S/c12-8-4-10(14)11(5-9(8)13)19(16,17)15-6-7-2-1-3-18-7/h4-5,7,15H,1-3,6H2. The fourth-order valence-corrected chi connectivity index (χ4v) is 3.86. The molecule has 0 aromatic heterocycles. The van der Waals surface area contributed by atoms with E-state index in [1.165, 1.54) is 12.1 Å². The van der Waals surface area contributed by atoms with Crippen LogP contribution < -0.4 is 4.72 Å². The molecule has 1 aliphatic heterocycles. The predicted octanol–water partition coefficient (Wildman–Crippen LogP) is 3.10. The van der Waals surface area contributed by atoms with Gasteiger partial charge in [0, 0.05) is 13.2 Å². The van der Waals surface area contributed by atoms with Gasteiger partial charge in [0.2, 0.25) is 10.0 Å². The second-order valence-corrected chi connectivity index (χ2v) is 7.14. The third-order valence-corrected chi connectivity index (χ3v) is 5.40. The molecule has 8 heteroatoms. The van der Waals surface area contributed by atoms with Crippen molar-refractivity contribution in [1.29, 1.82) is 0 Å². The van der Waals surface area contributed by atoms with Gasteiger partial charge in [-0.25, -0.2) is 13.1 Å². The van der Waals surface area contributed by atoms with Gasteiger partial charge in [0.25, 0.3) is 0 Å². The van der Waals surface area contributed by atoms with Crippen molar-refractivity contribution in [3.8, 4) is 0 Å². The molecule has 0 bridgehead atoms. The van der Waals surface area contributed by atoms with Crippen LogP contribution in [0.25, 0.3) is 0 Å². The van der Waals surface area contributed by atoms with Gasteiger partial charge in [0.05, 0.1) is 21.2 Å². The van der Waals surface area contributed by atoms with Gasteiger partial charge in [-0.1, -0.05) is 34.8 Å². The number of hydrogen-bond donors (Lipinski definition) is 1. The Bertz CT molecular complexity index is 571. The Morgan fingerprint density at radius 2 is 1.89 bits per heavy atom. The molecule has 1 fully saturated rings. The predicted molar refractivity (Wildman–Crippen MR) is 75.6 cm³/mol. The molecule has 19 heavy (non-hydrogen) atoms. The summed E-state index contributed by atoms with van der Waals surface area (Å²) in [5.41, 5.74) is 0. The lowest BCUT2D eigenvalue weighted by atomic mass is 10.2. The molecule has 1 atom stereocenters. The number of ether oxygens (including phenoxy) is 1. The van der Waals surface area contributed by atoms with Gasteiger partial charge in [0.15, 0.2) is 0 Å². The highest BCUT2D eigenvalue weighted by molar-refractivity contribution is 7.89. The van der Waals surface area contributed by atoms with Crippen LogP contribution in [0.4, 0.5) is 0 Å². The zero-order chi connectivity index (χ0) is 14.0. The number of halogens is 3. The van der Waals surface area contributed by atoms with E-state index in [9.17, 15) is 8.42 Å². The molecule has 0 aliphatic carbocycles.